The summed E-state index contributed by atoms with van der Waals surface area (Å²) in [5.74, 6) is 1.09. The summed E-state index contributed by atoms with van der Waals surface area (Å²) < 4.78 is 5.56. The highest BCUT2D eigenvalue weighted by molar-refractivity contribution is 5.39. The van der Waals surface area contributed by atoms with Crippen molar-refractivity contribution in [3.05, 3.63) is 29.3 Å². The maximum absolute atomic E-state index is 5.56. The highest BCUT2D eigenvalue weighted by atomic mass is 16.5. The van der Waals surface area contributed by atoms with Gasteiger partial charge in [-0.25, -0.2) is 0 Å². The number of nitrogens with one attached hydrogen (secondary N) is 1. The maximum atomic E-state index is 5.56. The van der Waals surface area contributed by atoms with Crippen LogP contribution in [0.5, 0.6) is 5.75 Å². The zero-order valence-electron chi connectivity index (χ0n) is 11.1. The second kappa shape index (κ2) is 5.29. The first kappa shape index (κ1) is 12.0. The quantitative estimate of drug-likeness (QED) is 0.857. The molecule has 1 saturated heterocycles. The molecule has 1 aromatic rings. The molecular weight excluding hydrogens is 224 g/mol. The highest BCUT2D eigenvalue weighted by Crippen LogP contribution is 2.26. The molecule has 3 nitrogen and oxygen atoms in total. The van der Waals surface area contributed by atoms with Gasteiger partial charge in [-0.05, 0) is 30.2 Å². The van der Waals surface area contributed by atoms with Gasteiger partial charge in [0.05, 0.1) is 6.61 Å². The summed E-state index contributed by atoms with van der Waals surface area (Å²) in [4.78, 5) is 2.61. The summed E-state index contributed by atoms with van der Waals surface area (Å²) in [6.07, 6.45) is 2.30. The van der Waals surface area contributed by atoms with E-state index in [0.29, 0.717) is 0 Å². The molecule has 3 heteroatoms. The molecule has 0 bridgehead atoms. The molecule has 0 amide bonds. The van der Waals surface area contributed by atoms with Crippen LogP contribution < -0.4 is 10.1 Å². The van der Waals surface area contributed by atoms with Crippen molar-refractivity contribution in [1.29, 1.82) is 0 Å². The molecule has 0 spiro atoms. The lowest BCUT2D eigenvalue weighted by atomic mass is 10.1. The predicted molar refractivity (Wildman–Crippen MR) is 73.0 cm³/mol. The van der Waals surface area contributed by atoms with Crippen molar-refractivity contribution >= 4 is 0 Å². The average Bonchev–Trinajstić information content (AvgIpc) is 2.74. The summed E-state index contributed by atoms with van der Waals surface area (Å²) in [6.45, 7) is 7.68. The number of rotatable bonds is 5. The fourth-order valence-electron chi connectivity index (χ4n) is 2.78. The van der Waals surface area contributed by atoms with Gasteiger partial charge in [0.15, 0.2) is 0 Å². The molecule has 2 aliphatic heterocycles. The highest BCUT2D eigenvalue weighted by Gasteiger charge is 2.24. The van der Waals surface area contributed by atoms with Gasteiger partial charge in [-0.2, -0.15) is 0 Å². The molecule has 2 heterocycles. The van der Waals surface area contributed by atoms with Crippen LogP contribution in [0, 0.1) is 0 Å². The largest absolute Gasteiger partial charge is 0.493 e. The molecule has 0 aromatic heterocycles. The molecule has 1 N–H and O–H groups in total. The summed E-state index contributed by atoms with van der Waals surface area (Å²) in [6, 6.07) is 7.42. The third-order valence-corrected chi connectivity index (χ3v) is 3.93. The SMILES string of the molecule is CCCN(Cc1ccc2c(c1)CCO2)C1CNC1. The molecule has 0 unspecified atom stereocenters. The van der Waals surface area contributed by atoms with Crippen LogP contribution in [0.15, 0.2) is 18.2 Å². The molecule has 3 rings (SSSR count). The van der Waals surface area contributed by atoms with Crippen molar-refractivity contribution in [2.75, 3.05) is 26.2 Å². The Labute approximate surface area is 109 Å². The lowest BCUT2D eigenvalue weighted by Gasteiger charge is -2.38. The molecule has 0 atom stereocenters. The van der Waals surface area contributed by atoms with E-state index in [-0.39, 0.29) is 0 Å². The van der Waals surface area contributed by atoms with E-state index in [0.717, 1.165) is 44.5 Å². The second-order valence-corrected chi connectivity index (χ2v) is 5.32. The molecular formula is C15H22N2O. The van der Waals surface area contributed by atoms with Crippen LogP contribution in [-0.2, 0) is 13.0 Å². The van der Waals surface area contributed by atoms with Crippen LogP contribution in [0.3, 0.4) is 0 Å². The molecule has 2 aliphatic rings. The van der Waals surface area contributed by atoms with Crippen LogP contribution in [0.2, 0.25) is 0 Å². The topological polar surface area (TPSA) is 24.5 Å². The molecule has 1 fully saturated rings. The summed E-state index contributed by atoms with van der Waals surface area (Å²) in [5, 5.41) is 3.37. The van der Waals surface area contributed by atoms with Gasteiger partial charge in [-0.1, -0.05) is 19.1 Å². The minimum absolute atomic E-state index is 0.731. The molecule has 18 heavy (non-hydrogen) atoms. The molecule has 0 aliphatic carbocycles. The number of hydrogen-bond donors (Lipinski definition) is 1. The number of ether oxygens (including phenoxy) is 1. The second-order valence-electron chi connectivity index (χ2n) is 5.32. The minimum atomic E-state index is 0.731. The fourth-order valence-corrected chi connectivity index (χ4v) is 2.78. The van der Waals surface area contributed by atoms with E-state index >= 15 is 0 Å². The Bertz CT molecular complexity index is 415. The van der Waals surface area contributed by atoms with Crippen LogP contribution in [0.25, 0.3) is 0 Å². The van der Waals surface area contributed by atoms with Crippen LogP contribution >= 0.6 is 0 Å². The van der Waals surface area contributed by atoms with E-state index in [4.69, 9.17) is 4.74 Å². The van der Waals surface area contributed by atoms with E-state index in [1.54, 1.807) is 0 Å². The number of benzene rings is 1. The molecule has 1 aromatic carbocycles. The van der Waals surface area contributed by atoms with Crippen molar-refractivity contribution in [2.45, 2.75) is 32.4 Å². The van der Waals surface area contributed by atoms with E-state index in [2.05, 4.69) is 35.3 Å². The van der Waals surface area contributed by atoms with E-state index in [1.165, 1.54) is 24.1 Å². The monoisotopic (exact) mass is 246 g/mol. The Morgan fingerprint density at radius 2 is 2.28 bits per heavy atom. The van der Waals surface area contributed by atoms with Gasteiger partial charge in [0.25, 0.3) is 0 Å². The zero-order chi connectivity index (χ0) is 12.4. The van der Waals surface area contributed by atoms with Crippen molar-refractivity contribution in [3.8, 4) is 5.75 Å². The van der Waals surface area contributed by atoms with E-state index < -0.39 is 0 Å². The standard InChI is InChI=1S/C15H22N2O/c1-2-6-17(14-9-16-10-14)11-12-3-4-15-13(8-12)5-7-18-15/h3-4,8,14,16H,2,5-7,9-11H2,1H3. The predicted octanol–water partition coefficient (Wildman–Crippen LogP) is 1.81. The van der Waals surface area contributed by atoms with E-state index in [9.17, 15) is 0 Å². The molecule has 98 valence electrons. The van der Waals surface area contributed by atoms with E-state index in [1.807, 2.05) is 0 Å². The molecule has 0 radical (unpaired) electrons. The lowest BCUT2D eigenvalue weighted by Crippen LogP contribution is -2.56. The van der Waals surface area contributed by atoms with Crippen LogP contribution in [0.1, 0.15) is 24.5 Å². The number of nitrogens with zero attached hydrogens (tertiary/aromatic N) is 1. The third-order valence-electron chi connectivity index (χ3n) is 3.93. The Balaban J connectivity index is 1.69. The van der Waals surface area contributed by atoms with Crippen molar-refractivity contribution < 1.29 is 4.74 Å². The average molecular weight is 246 g/mol. The van der Waals surface area contributed by atoms with Crippen LogP contribution in [-0.4, -0.2) is 37.2 Å². The normalized spacial score (nSPS) is 18.6. The maximum Gasteiger partial charge on any atom is 0.122 e. The smallest absolute Gasteiger partial charge is 0.122 e. The Hall–Kier alpha value is -1.06. The Morgan fingerprint density at radius 1 is 1.39 bits per heavy atom. The van der Waals surface area contributed by atoms with Gasteiger partial charge in [-0.15, -0.1) is 0 Å². The Kier molecular flexibility index (Phi) is 3.52. The summed E-state index contributed by atoms with van der Waals surface area (Å²) >= 11 is 0. The third kappa shape index (κ3) is 2.38. The zero-order valence-corrected chi connectivity index (χ0v) is 11.1. The minimum Gasteiger partial charge on any atom is -0.493 e. The number of hydrogen-bond acceptors (Lipinski definition) is 3. The van der Waals surface area contributed by atoms with Crippen molar-refractivity contribution in [1.82, 2.24) is 10.2 Å². The first-order chi connectivity index (χ1) is 8.86. The number of fused-ring (bicyclic) bond motifs is 1. The lowest BCUT2D eigenvalue weighted by molar-refractivity contribution is 0.138. The Morgan fingerprint density at radius 3 is 3.00 bits per heavy atom. The fraction of sp³-hybridized carbons (Fsp3) is 0.600. The first-order valence-electron chi connectivity index (χ1n) is 7.06. The van der Waals surface area contributed by atoms with Gasteiger partial charge in [0.2, 0.25) is 0 Å². The van der Waals surface area contributed by atoms with Crippen molar-refractivity contribution in [3.63, 3.8) is 0 Å². The van der Waals surface area contributed by atoms with Crippen LogP contribution in [0.4, 0.5) is 0 Å². The van der Waals surface area contributed by atoms with Gasteiger partial charge >= 0.3 is 0 Å². The van der Waals surface area contributed by atoms with Gasteiger partial charge in [0.1, 0.15) is 5.75 Å². The van der Waals surface area contributed by atoms with Gasteiger partial charge in [-0.3, -0.25) is 4.90 Å². The van der Waals surface area contributed by atoms with Crippen molar-refractivity contribution in [2.24, 2.45) is 0 Å². The van der Waals surface area contributed by atoms with Gasteiger partial charge < -0.3 is 10.1 Å². The summed E-state index contributed by atoms with van der Waals surface area (Å²) in [7, 11) is 0. The first-order valence-corrected chi connectivity index (χ1v) is 7.06. The molecule has 0 saturated carbocycles. The van der Waals surface area contributed by atoms with Gasteiger partial charge in [0, 0.05) is 32.1 Å². The summed E-state index contributed by atoms with van der Waals surface area (Å²) in [5.41, 5.74) is 2.82.